The van der Waals surface area contributed by atoms with Gasteiger partial charge in [0.2, 0.25) is 0 Å². The number of rotatable bonds is 5. The van der Waals surface area contributed by atoms with E-state index in [0.717, 1.165) is 42.0 Å². The van der Waals surface area contributed by atoms with Crippen molar-refractivity contribution in [1.29, 1.82) is 0 Å². The Morgan fingerprint density at radius 3 is 2.69 bits per heavy atom. The highest BCUT2D eigenvalue weighted by molar-refractivity contribution is 5.92. The van der Waals surface area contributed by atoms with Crippen LogP contribution < -0.4 is 4.74 Å². The molecule has 1 aliphatic rings. The van der Waals surface area contributed by atoms with Gasteiger partial charge in [0.15, 0.2) is 0 Å². The first-order valence-corrected chi connectivity index (χ1v) is 9.87. The predicted octanol–water partition coefficient (Wildman–Crippen LogP) is 3.49. The summed E-state index contributed by atoms with van der Waals surface area (Å²) in [4.78, 5) is 27.4. The van der Waals surface area contributed by atoms with Crippen LogP contribution >= 0.6 is 0 Å². The van der Waals surface area contributed by atoms with Crippen molar-refractivity contribution in [1.82, 2.24) is 19.9 Å². The second-order valence-electron chi connectivity index (χ2n) is 7.20. The molecule has 0 bridgehead atoms. The molecule has 1 fully saturated rings. The van der Waals surface area contributed by atoms with Crippen LogP contribution in [0, 0.1) is 0 Å². The summed E-state index contributed by atoms with van der Waals surface area (Å²) in [5.74, 6) is 1.20. The van der Waals surface area contributed by atoms with Crippen LogP contribution in [0.1, 0.15) is 46.2 Å². The lowest BCUT2D eigenvalue weighted by Gasteiger charge is -2.31. The lowest BCUT2D eigenvalue weighted by molar-refractivity contribution is 0.0705. The highest BCUT2D eigenvalue weighted by atomic mass is 16.5. The summed E-state index contributed by atoms with van der Waals surface area (Å²) in [6.45, 7) is 1.41. The van der Waals surface area contributed by atoms with Gasteiger partial charge in [-0.3, -0.25) is 14.8 Å². The second kappa shape index (κ2) is 8.82. The minimum Gasteiger partial charge on any atom is -0.496 e. The van der Waals surface area contributed by atoms with E-state index in [-0.39, 0.29) is 5.91 Å². The number of likely N-dealkylation sites (tertiary alicyclic amines) is 1. The van der Waals surface area contributed by atoms with Gasteiger partial charge in [-0.05, 0) is 31.0 Å². The van der Waals surface area contributed by atoms with E-state index in [4.69, 9.17) is 9.72 Å². The van der Waals surface area contributed by atoms with Gasteiger partial charge in [-0.25, -0.2) is 4.98 Å². The lowest BCUT2D eigenvalue weighted by Crippen LogP contribution is -2.38. The quantitative estimate of drug-likeness (QED) is 0.669. The monoisotopic (exact) mass is 388 g/mol. The molecule has 29 heavy (non-hydrogen) atoms. The fourth-order valence-corrected chi connectivity index (χ4v) is 3.82. The van der Waals surface area contributed by atoms with E-state index in [1.165, 1.54) is 6.20 Å². The van der Waals surface area contributed by atoms with Gasteiger partial charge in [-0.1, -0.05) is 24.3 Å². The van der Waals surface area contributed by atoms with E-state index in [2.05, 4.69) is 34.2 Å². The number of para-hydroxylation sites is 1. The number of methoxy groups -OCH3 is 1. The van der Waals surface area contributed by atoms with E-state index < -0.39 is 0 Å². The summed E-state index contributed by atoms with van der Waals surface area (Å²) in [5.41, 5.74) is 3.67. The Kier molecular flexibility index (Phi) is 5.79. The Balaban J connectivity index is 1.41. The van der Waals surface area contributed by atoms with E-state index in [1.807, 2.05) is 23.1 Å². The summed E-state index contributed by atoms with van der Waals surface area (Å²) in [5, 5.41) is 0. The zero-order chi connectivity index (χ0) is 20.1. The van der Waals surface area contributed by atoms with Crippen LogP contribution in [-0.2, 0) is 6.42 Å². The van der Waals surface area contributed by atoms with Crippen LogP contribution in [-0.4, -0.2) is 46.0 Å². The number of piperidine rings is 1. The molecule has 2 aromatic heterocycles. The first-order valence-electron chi connectivity index (χ1n) is 9.87. The van der Waals surface area contributed by atoms with Crippen molar-refractivity contribution in [2.24, 2.45) is 0 Å². The summed E-state index contributed by atoms with van der Waals surface area (Å²) in [7, 11) is 1.69. The molecule has 0 atom stereocenters. The zero-order valence-electron chi connectivity index (χ0n) is 16.5. The molecule has 0 saturated carbocycles. The van der Waals surface area contributed by atoms with Crippen molar-refractivity contribution in [2.75, 3.05) is 20.2 Å². The lowest BCUT2D eigenvalue weighted by atomic mass is 9.92. The van der Waals surface area contributed by atoms with Crippen molar-refractivity contribution in [3.8, 4) is 5.75 Å². The van der Waals surface area contributed by atoms with Crippen LogP contribution in [0.3, 0.4) is 0 Å². The van der Waals surface area contributed by atoms with Crippen LogP contribution in [0.5, 0.6) is 5.75 Å². The van der Waals surface area contributed by atoms with Crippen LogP contribution in [0.15, 0.2) is 61.1 Å². The minimum absolute atomic E-state index is 0.0468. The molecule has 0 radical (unpaired) electrons. The summed E-state index contributed by atoms with van der Waals surface area (Å²) in [6.07, 6.45) is 7.19. The van der Waals surface area contributed by atoms with Gasteiger partial charge >= 0.3 is 0 Å². The Labute approximate surface area is 170 Å². The maximum atomic E-state index is 12.6. The number of hydrogen-bond donors (Lipinski definition) is 0. The van der Waals surface area contributed by atoms with Gasteiger partial charge in [0.25, 0.3) is 5.91 Å². The summed E-state index contributed by atoms with van der Waals surface area (Å²) < 4.78 is 5.46. The first-order chi connectivity index (χ1) is 14.2. The Morgan fingerprint density at radius 2 is 1.93 bits per heavy atom. The van der Waals surface area contributed by atoms with Crippen molar-refractivity contribution in [3.05, 3.63) is 83.7 Å². The van der Waals surface area contributed by atoms with Gasteiger partial charge in [0.1, 0.15) is 11.4 Å². The third-order valence-corrected chi connectivity index (χ3v) is 5.38. The maximum absolute atomic E-state index is 12.6. The second-order valence-corrected chi connectivity index (χ2v) is 7.20. The van der Waals surface area contributed by atoms with Crippen molar-refractivity contribution in [2.45, 2.75) is 25.2 Å². The number of hydrogen-bond acceptors (Lipinski definition) is 5. The minimum atomic E-state index is -0.0468. The van der Waals surface area contributed by atoms with E-state index in [1.54, 1.807) is 19.5 Å². The standard InChI is InChI=1S/C23H24N4O2/c1-29-22-8-3-2-5-18(22)15-19-6-4-7-20(26-19)17-9-13-27(14-10-17)23(28)21-16-24-11-12-25-21/h2-8,11-12,16-17H,9-10,13-15H2,1H3. The number of ether oxygens (including phenoxy) is 1. The zero-order valence-corrected chi connectivity index (χ0v) is 16.5. The molecule has 3 heterocycles. The molecular formula is C23H24N4O2. The fourth-order valence-electron chi connectivity index (χ4n) is 3.82. The molecule has 0 N–H and O–H groups in total. The number of carbonyl (C=O) groups excluding carboxylic acids is 1. The molecular weight excluding hydrogens is 364 g/mol. The number of amides is 1. The molecule has 0 spiro atoms. The number of carbonyl (C=O) groups is 1. The van der Waals surface area contributed by atoms with Crippen molar-refractivity contribution in [3.63, 3.8) is 0 Å². The number of pyridine rings is 1. The first kappa shape index (κ1) is 19.1. The molecule has 1 amide bonds. The summed E-state index contributed by atoms with van der Waals surface area (Å²) in [6, 6.07) is 14.3. The van der Waals surface area contributed by atoms with Crippen molar-refractivity contribution >= 4 is 5.91 Å². The molecule has 1 aliphatic heterocycles. The van der Waals surface area contributed by atoms with Gasteiger partial charge < -0.3 is 9.64 Å². The van der Waals surface area contributed by atoms with Gasteiger partial charge in [0, 0.05) is 54.8 Å². The van der Waals surface area contributed by atoms with Gasteiger partial charge in [-0.15, -0.1) is 0 Å². The Morgan fingerprint density at radius 1 is 1.10 bits per heavy atom. The average Bonchev–Trinajstić information content (AvgIpc) is 2.80. The highest BCUT2D eigenvalue weighted by Crippen LogP contribution is 2.28. The van der Waals surface area contributed by atoms with E-state index in [9.17, 15) is 4.79 Å². The predicted molar refractivity (Wildman–Crippen MR) is 110 cm³/mol. The van der Waals surface area contributed by atoms with Gasteiger partial charge in [-0.2, -0.15) is 0 Å². The Hall–Kier alpha value is -3.28. The molecule has 148 valence electrons. The van der Waals surface area contributed by atoms with Gasteiger partial charge in [0.05, 0.1) is 13.3 Å². The normalized spacial score (nSPS) is 14.6. The smallest absolute Gasteiger partial charge is 0.274 e. The molecule has 0 aliphatic carbocycles. The van der Waals surface area contributed by atoms with Crippen molar-refractivity contribution < 1.29 is 9.53 Å². The van der Waals surface area contributed by atoms with Crippen LogP contribution in [0.2, 0.25) is 0 Å². The largest absolute Gasteiger partial charge is 0.496 e. The summed E-state index contributed by atoms with van der Waals surface area (Å²) >= 11 is 0. The highest BCUT2D eigenvalue weighted by Gasteiger charge is 2.26. The number of benzene rings is 1. The van der Waals surface area contributed by atoms with Crippen LogP contribution in [0.4, 0.5) is 0 Å². The third kappa shape index (κ3) is 4.42. The number of aromatic nitrogens is 3. The maximum Gasteiger partial charge on any atom is 0.274 e. The van der Waals surface area contributed by atoms with Crippen LogP contribution in [0.25, 0.3) is 0 Å². The molecule has 1 aromatic carbocycles. The molecule has 6 heteroatoms. The van der Waals surface area contributed by atoms with E-state index >= 15 is 0 Å². The Bertz CT molecular complexity index is 969. The third-order valence-electron chi connectivity index (χ3n) is 5.38. The average molecular weight is 388 g/mol. The fraction of sp³-hybridized carbons (Fsp3) is 0.304. The SMILES string of the molecule is COc1ccccc1Cc1cccc(C2CCN(C(=O)c3cnccn3)CC2)n1. The molecule has 6 nitrogen and oxygen atoms in total. The molecule has 1 saturated heterocycles. The van der Waals surface area contributed by atoms with E-state index in [0.29, 0.717) is 24.7 Å². The molecule has 3 aromatic rings. The topological polar surface area (TPSA) is 68.2 Å². The molecule has 4 rings (SSSR count). The number of nitrogens with zero attached hydrogens (tertiary/aromatic N) is 4. The molecule has 0 unspecified atom stereocenters.